The predicted molar refractivity (Wildman–Crippen MR) is 87.3 cm³/mol. The van der Waals surface area contributed by atoms with E-state index in [0.29, 0.717) is 6.04 Å². The van der Waals surface area contributed by atoms with Crippen LogP contribution in [0, 0.1) is 0 Å². The Balaban J connectivity index is 1.94. The number of aromatic nitrogens is 3. The summed E-state index contributed by atoms with van der Waals surface area (Å²) in [6.45, 7) is 0. The molecule has 1 N–H and O–H groups in total. The van der Waals surface area contributed by atoms with Crippen molar-refractivity contribution >= 4 is 40.8 Å². The Kier molecular flexibility index (Phi) is 4.87. The number of nitrogens with zero attached hydrogens (tertiary/aromatic N) is 3. The number of carboxylic acids is 1. The first-order chi connectivity index (χ1) is 10.3. The number of hydrogen-bond donors (Lipinski definition) is 1. The lowest BCUT2D eigenvalue weighted by Gasteiger charge is -2.25. The number of thioether (sulfide) groups is 2. The van der Waals surface area contributed by atoms with Gasteiger partial charge in [-0.2, -0.15) is 11.8 Å². The van der Waals surface area contributed by atoms with E-state index in [2.05, 4.69) is 14.8 Å². The lowest BCUT2D eigenvalue weighted by molar-refractivity contribution is -0.133. The fourth-order valence-corrected chi connectivity index (χ4v) is 4.86. The van der Waals surface area contributed by atoms with Gasteiger partial charge in [-0.05, 0) is 35.8 Å². The lowest BCUT2D eigenvalue weighted by Crippen LogP contribution is -2.17. The van der Waals surface area contributed by atoms with Gasteiger partial charge >= 0.3 is 5.97 Å². The van der Waals surface area contributed by atoms with Crippen molar-refractivity contribution in [1.82, 2.24) is 14.8 Å². The van der Waals surface area contributed by atoms with Gasteiger partial charge in [0.1, 0.15) is 0 Å². The van der Waals surface area contributed by atoms with Crippen molar-refractivity contribution in [1.29, 1.82) is 0 Å². The molecule has 0 unspecified atom stereocenters. The predicted octanol–water partition coefficient (Wildman–Crippen LogP) is 3.25. The molecule has 0 atom stereocenters. The second-order valence-corrected chi connectivity index (χ2v) is 7.79. The van der Waals surface area contributed by atoms with Crippen LogP contribution in [-0.4, -0.2) is 43.1 Å². The molecular weight excluding hydrogens is 326 g/mol. The second kappa shape index (κ2) is 6.85. The molecule has 1 aliphatic rings. The van der Waals surface area contributed by atoms with Crippen LogP contribution in [-0.2, 0) is 4.79 Å². The number of aliphatic carboxylic acids is 1. The van der Waals surface area contributed by atoms with E-state index < -0.39 is 5.97 Å². The Bertz CT molecular complexity index is 606. The molecule has 1 aliphatic heterocycles. The zero-order valence-electron chi connectivity index (χ0n) is 11.3. The molecule has 2 aromatic heterocycles. The van der Waals surface area contributed by atoms with E-state index in [4.69, 9.17) is 5.11 Å². The maximum absolute atomic E-state index is 10.8. The summed E-state index contributed by atoms with van der Waals surface area (Å²) >= 11 is 4.86. The summed E-state index contributed by atoms with van der Waals surface area (Å²) in [5.74, 6) is 2.33. The van der Waals surface area contributed by atoms with Crippen molar-refractivity contribution in [3.05, 3.63) is 17.5 Å². The summed E-state index contributed by atoms with van der Waals surface area (Å²) in [5, 5.41) is 20.2. The zero-order chi connectivity index (χ0) is 14.7. The number of hydrogen-bond acceptors (Lipinski definition) is 6. The molecule has 0 spiro atoms. The molecule has 2 aromatic rings. The molecule has 0 aliphatic carbocycles. The summed E-state index contributed by atoms with van der Waals surface area (Å²) in [4.78, 5) is 11.9. The van der Waals surface area contributed by atoms with Gasteiger partial charge in [-0.15, -0.1) is 21.5 Å². The average molecular weight is 341 g/mol. The van der Waals surface area contributed by atoms with Gasteiger partial charge in [0.05, 0.1) is 10.6 Å². The maximum Gasteiger partial charge on any atom is 0.313 e. The van der Waals surface area contributed by atoms with Crippen LogP contribution in [0.1, 0.15) is 18.9 Å². The molecule has 1 saturated heterocycles. The summed E-state index contributed by atoms with van der Waals surface area (Å²) in [6, 6.07) is 4.41. The van der Waals surface area contributed by atoms with Crippen molar-refractivity contribution < 1.29 is 9.90 Å². The Morgan fingerprint density at radius 3 is 2.90 bits per heavy atom. The fraction of sp³-hybridized carbons (Fsp3) is 0.462. The largest absolute Gasteiger partial charge is 0.481 e. The second-order valence-electron chi connectivity index (χ2n) is 4.68. The van der Waals surface area contributed by atoms with Crippen LogP contribution < -0.4 is 0 Å². The van der Waals surface area contributed by atoms with Crippen LogP contribution in [0.5, 0.6) is 0 Å². The highest BCUT2D eigenvalue weighted by atomic mass is 32.2. The standard InChI is InChI=1S/C13H15N3O2S3/c17-11(18)8-21-13-15-14-12(10-2-1-5-20-10)16(13)9-3-6-19-7-4-9/h1-2,5,9H,3-4,6-8H2,(H,17,18). The Morgan fingerprint density at radius 1 is 1.43 bits per heavy atom. The molecule has 0 aromatic carbocycles. The van der Waals surface area contributed by atoms with Crippen molar-refractivity contribution in [2.75, 3.05) is 17.3 Å². The normalized spacial score (nSPS) is 16.2. The summed E-state index contributed by atoms with van der Waals surface area (Å²) in [7, 11) is 0. The van der Waals surface area contributed by atoms with Crippen LogP contribution >= 0.6 is 34.9 Å². The van der Waals surface area contributed by atoms with Crippen LogP contribution in [0.2, 0.25) is 0 Å². The molecule has 1 fully saturated rings. The molecule has 3 rings (SSSR count). The summed E-state index contributed by atoms with van der Waals surface area (Å²) in [6.07, 6.45) is 2.17. The zero-order valence-corrected chi connectivity index (χ0v) is 13.7. The first-order valence-electron chi connectivity index (χ1n) is 6.67. The number of carbonyl (C=O) groups is 1. The first kappa shape index (κ1) is 14.9. The van der Waals surface area contributed by atoms with E-state index in [0.717, 1.165) is 40.2 Å². The number of carboxylic acid groups (broad SMARTS) is 1. The molecular formula is C13H15N3O2S3. The molecule has 0 radical (unpaired) electrons. The topological polar surface area (TPSA) is 68.0 Å². The van der Waals surface area contributed by atoms with E-state index in [9.17, 15) is 4.79 Å². The Hall–Kier alpha value is -0.990. The fourth-order valence-electron chi connectivity index (χ4n) is 2.35. The molecule has 112 valence electrons. The Morgan fingerprint density at radius 2 is 2.24 bits per heavy atom. The monoisotopic (exact) mass is 341 g/mol. The molecule has 3 heterocycles. The molecule has 0 saturated carbocycles. The van der Waals surface area contributed by atoms with Gasteiger partial charge in [0.15, 0.2) is 11.0 Å². The Labute approximate surface area is 135 Å². The van der Waals surface area contributed by atoms with Crippen molar-refractivity contribution in [2.24, 2.45) is 0 Å². The van der Waals surface area contributed by atoms with Crippen LogP contribution in [0.25, 0.3) is 10.7 Å². The minimum Gasteiger partial charge on any atom is -0.481 e. The van der Waals surface area contributed by atoms with E-state index in [1.807, 2.05) is 29.3 Å². The van der Waals surface area contributed by atoms with Gasteiger partial charge in [0.25, 0.3) is 0 Å². The van der Waals surface area contributed by atoms with Gasteiger partial charge in [-0.25, -0.2) is 0 Å². The van der Waals surface area contributed by atoms with Gasteiger partial charge in [-0.3, -0.25) is 9.36 Å². The summed E-state index contributed by atoms with van der Waals surface area (Å²) < 4.78 is 2.15. The smallest absolute Gasteiger partial charge is 0.313 e. The van der Waals surface area contributed by atoms with E-state index in [1.165, 1.54) is 11.8 Å². The SMILES string of the molecule is O=C(O)CSc1nnc(-c2cccs2)n1C1CCSCC1. The van der Waals surface area contributed by atoms with E-state index in [-0.39, 0.29) is 5.75 Å². The first-order valence-corrected chi connectivity index (χ1v) is 9.69. The molecule has 0 amide bonds. The van der Waals surface area contributed by atoms with Crippen LogP contribution in [0.15, 0.2) is 22.7 Å². The van der Waals surface area contributed by atoms with Gasteiger partial charge in [0.2, 0.25) is 0 Å². The van der Waals surface area contributed by atoms with E-state index >= 15 is 0 Å². The van der Waals surface area contributed by atoms with Gasteiger partial charge < -0.3 is 5.11 Å². The molecule has 0 bridgehead atoms. The lowest BCUT2D eigenvalue weighted by atomic mass is 10.1. The van der Waals surface area contributed by atoms with Crippen LogP contribution in [0.3, 0.4) is 0 Å². The van der Waals surface area contributed by atoms with E-state index in [1.54, 1.807) is 11.3 Å². The van der Waals surface area contributed by atoms with Crippen molar-refractivity contribution in [2.45, 2.75) is 24.0 Å². The quantitative estimate of drug-likeness (QED) is 0.842. The highest BCUT2D eigenvalue weighted by Crippen LogP contribution is 2.35. The summed E-state index contributed by atoms with van der Waals surface area (Å²) in [5.41, 5.74) is 0. The minimum absolute atomic E-state index is 0.0179. The van der Waals surface area contributed by atoms with Crippen molar-refractivity contribution in [3.63, 3.8) is 0 Å². The highest BCUT2D eigenvalue weighted by Gasteiger charge is 2.24. The number of thiophene rings is 1. The molecule has 21 heavy (non-hydrogen) atoms. The van der Waals surface area contributed by atoms with Gasteiger partial charge in [0, 0.05) is 6.04 Å². The van der Waals surface area contributed by atoms with Crippen molar-refractivity contribution in [3.8, 4) is 10.7 Å². The highest BCUT2D eigenvalue weighted by molar-refractivity contribution is 7.99. The molecule has 8 heteroatoms. The minimum atomic E-state index is -0.827. The maximum atomic E-state index is 10.8. The third kappa shape index (κ3) is 3.44. The number of rotatable bonds is 5. The average Bonchev–Trinajstić information content (AvgIpc) is 3.15. The third-order valence-electron chi connectivity index (χ3n) is 3.29. The molecule has 5 nitrogen and oxygen atoms in total. The van der Waals surface area contributed by atoms with Crippen LogP contribution in [0.4, 0.5) is 0 Å². The third-order valence-corrected chi connectivity index (χ3v) is 6.13. The van der Waals surface area contributed by atoms with Gasteiger partial charge in [-0.1, -0.05) is 17.8 Å².